The standard InChI is InChI=1S/C21H20N6O2S/c28-17(24-21-23-7-12-30-21)13-26-8-10-27(11-9-26)16-5-6-22-19-18(16)14-3-1-2-4-15(14)20(29)25-19/h1-7,12H,8-11,13H2,(H,22,25,29)(H,23,24,28). The highest BCUT2D eigenvalue weighted by Crippen LogP contribution is 2.30. The maximum atomic E-state index is 12.4. The predicted molar refractivity (Wildman–Crippen MR) is 119 cm³/mol. The van der Waals surface area contributed by atoms with Crippen LogP contribution < -0.4 is 15.8 Å². The van der Waals surface area contributed by atoms with Gasteiger partial charge in [0.05, 0.1) is 6.54 Å². The van der Waals surface area contributed by atoms with Gasteiger partial charge in [0.1, 0.15) is 5.65 Å². The average Bonchev–Trinajstić information content (AvgIpc) is 3.27. The minimum absolute atomic E-state index is 0.0451. The van der Waals surface area contributed by atoms with Crippen molar-refractivity contribution in [3.63, 3.8) is 0 Å². The molecule has 3 aromatic heterocycles. The normalized spacial score (nSPS) is 15.0. The number of aromatic amines is 1. The number of hydrogen-bond donors (Lipinski definition) is 2. The molecule has 1 fully saturated rings. The fourth-order valence-electron chi connectivity index (χ4n) is 3.94. The van der Waals surface area contributed by atoms with E-state index in [1.807, 2.05) is 35.7 Å². The number of fused-ring (bicyclic) bond motifs is 3. The molecule has 1 aromatic carbocycles. The zero-order chi connectivity index (χ0) is 20.5. The van der Waals surface area contributed by atoms with Crippen LogP contribution in [0.1, 0.15) is 0 Å². The van der Waals surface area contributed by atoms with Crippen LogP contribution in [0.4, 0.5) is 10.8 Å². The van der Waals surface area contributed by atoms with Crippen LogP contribution in [-0.4, -0.2) is 58.5 Å². The average molecular weight is 420 g/mol. The van der Waals surface area contributed by atoms with Crippen LogP contribution >= 0.6 is 11.3 Å². The summed E-state index contributed by atoms with van der Waals surface area (Å²) in [7, 11) is 0. The van der Waals surface area contributed by atoms with Gasteiger partial charge in [-0.1, -0.05) is 18.2 Å². The molecule has 0 atom stereocenters. The molecule has 0 bridgehead atoms. The smallest absolute Gasteiger partial charge is 0.257 e. The molecule has 9 heteroatoms. The third kappa shape index (κ3) is 3.53. The number of piperazine rings is 1. The molecule has 0 radical (unpaired) electrons. The number of anilines is 2. The molecule has 1 aliphatic heterocycles. The number of H-pyrrole nitrogens is 1. The summed E-state index contributed by atoms with van der Waals surface area (Å²) in [5.41, 5.74) is 1.53. The van der Waals surface area contributed by atoms with Crippen molar-refractivity contribution >= 4 is 49.9 Å². The van der Waals surface area contributed by atoms with Gasteiger partial charge in [0, 0.05) is 65.8 Å². The van der Waals surface area contributed by atoms with Crippen molar-refractivity contribution in [3.05, 3.63) is 58.5 Å². The van der Waals surface area contributed by atoms with E-state index in [0.29, 0.717) is 22.7 Å². The first kappa shape index (κ1) is 18.7. The second-order valence-electron chi connectivity index (χ2n) is 7.20. The van der Waals surface area contributed by atoms with Crippen molar-refractivity contribution in [1.82, 2.24) is 19.9 Å². The van der Waals surface area contributed by atoms with Crippen LogP contribution in [0.5, 0.6) is 0 Å². The van der Waals surface area contributed by atoms with Gasteiger partial charge in [-0.2, -0.15) is 0 Å². The van der Waals surface area contributed by atoms with Gasteiger partial charge in [-0.05, 0) is 12.1 Å². The molecule has 1 saturated heterocycles. The van der Waals surface area contributed by atoms with E-state index in [2.05, 4.69) is 30.1 Å². The summed E-state index contributed by atoms with van der Waals surface area (Å²) in [5.74, 6) is -0.0451. The zero-order valence-corrected chi connectivity index (χ0v) is 17.0. The molecule has 4 heterocycles. The van der Waals surface area contributed by atoms with E-state index in [9.17, 15) is 9.59 Å². The Morgan fingerprint density at radius 3 is 2.63 bits per heavy atom. The monoisotopic (exact) mass is 420 g/mol. The topological polar surface area (TPSA) is 94.2 Å². The molecule has 0 spiro atoms. The molecule has 30 heavy (non-hydrogen) atoms. The summed E-state index contributed by atoms with van der Waals surface area (Å²) in [4.78, 5) is 40.4. The Hall–Kier alpha value is -3.30. The Morgan fingerprint density at radius 2 is 1.87 bits per heavy atom. The number of nitrogens with zero attached hydrogens (tertiary/aromatic N) is 4. The molecule has 8 nitrogen and oxygen atoms in total. The van der Waals surface area contributed by atoms with E-state index in [1.54, 1.807) is 12.4 Å². The fourth-order valence-corrected chi connectivity index (χ4v) is 4.49. The largest absolute Gasteiger partial charge is 0.368 e. The molecule has 0 saturated carbocycles. The highest BCUT2D eigenvalue weighted by atomic mass is 32.1. The van der Waals surface area contributed by atoms with Crippen molar-refractivity contribution in [2.45, 2.75) is 0 Å². The SMILES string of the molecule is O=C(CN1CCN(c2ccnc3[nH]c(=O)c4ccccc4c23)CC1)Nc1nccs1. The van der Waals surface area contributed by atoms with Gasteiger partial charge in [-0.15, -0.1) is 11.3 Å². The number of nitrogens with one attached hydrogen (secondary N) is 2. The minimum atomic E-state index is -0.126. The van der Waals surface area contributed by atoms with Crippen LogP contribution in [0.15, 0.2) is 52.9 Å². The quantitative estimate of drug-likeness (QED) is 0.492. The number of carbonyl (C=O) groups excluding carboxylic acids is 1. The molecule has 4 aromatic rings. The first-order valence-electron chi connectivity index (χ1n) is 9.75. The van der Waals surface area contributed by atoms with Crippen molar-refractivity contribution in [3.8, 4) is 0 Å². The van der Waals surface area contributed by atoms with Crippen molar-refractivity contribution < 1.29 is 4.79 Å². The number of benzene rings is 1. The lowest BCUT2D eigenvalue weighted by atomic mass is 10.1. The summed E-state index contributed by atoms with van der Waals surface area (Å²) in [6, 6.07) is 9.62. The summed E-state index contributed by atoms with van der Waals surface area (Å²) in [6.45, 7) is 3.47. The molecule has 1 amide bonds. The van der Waals surface area contributed by atoms with Gasteiger partial charge in [-0.3, -0.25) is 14.5 Å². The van der Waals surface area contributed by atoms with E-state index in [-0.39, 0.29) is 11.5 Å². The predicted octanol–water partition coefficient (Wildman–Crippen LogP) is 2.29. The molecule has 1 aliphatic rings. The highest BCUT2D eigenvalue weighted by molar-refractivity contribution is 7.13. The van der Waals surface area contributed by atoms with Crippen LogP contribution in [0, 0.1) is 0 Å². The van der Waals surface area contributed by atoms with Crippen LogP contribution in [-0.2, 0) is 4.79 Å². The number of aromatic nitrogens is 3. The fraction of sp³-hybridized carbons (Fsp3) is 0.238. The molecule has 152 valence electrons. The molecule has 5 rings (SSSR count). The minimum Gasteiger partial charge on any atom is -0.368 e. The maximum Gasteiger partial charge on any atom is 0.257 e. The first-order chi connectivity index (χ1) is 14.7. The van der Waals surface area contributed by atoms with Crippen LogP contribution in [0.2, 0.25) is 0 Å². The van der Waals surface area contributed by atoms with Crippen molar-refractivity contribution in [1.29, 1.82) is 0 Å². The summed E-state index contributed by atoms with van der Waals surface area (Å²) in [5, 5.41) is 7.83. The van der Waals surface area contributed by atoms with Gasteiger partial charge >= 0.3 is 0 Å². The summed E-state index contributed by atoms with van der Waals surface area (Å²) in [6.07, 6.45) is 3.41. The molecular weight excluding hydrogens is 400 g/mol. The van der Waals surface area contributed by atoms with Crippen LogP contribution in [0.3, 0.4) is 0 Å². The van der Waals surface area contributed by atoms with Crippen molar-refractivity contribution in [2.24, 2.45) is 0 Å². The number of carbonyl (C=O) groups is 1. The molecule has 2 N–H and O–H groups in total. The second kappa shape index (κ2) is 7.85. The Bertz CT molecular complexity index is 1260. The third-order valence-electron chi connectivity index (χ3n) is 5.36. The lowest BCUT2D eigenvalue weighted by Gasteiger charge is -2.36. The molecular formula is C21H20N6O2S. The molecule has 0 aliphatic carbocycles. The zero-order valence-electron chi connectivity index (χ0n) is 16.2. The van der Waals surface area contributed by atoms with Crippen molar-refractivity contribution in [2.75, 3.05) is 42.9 Å². The maximum absolute atomic E-state index is 12.4. The van der Waals surface area contributed by atoms with Gasteiger partial charge in [0.25, 0.3) is 5.56 Å². The Balaban J connectivity index is 1.36. The number of hydrogen-bond acceptors (Lipinski definition) is 7. The summed E-state index contributed by atoms with van der Waals surface area (Å²) >= 11 is 1.41. The number of thiazole rings is 1. The Labute approximate surface area is 176 Å². The van der Waals surface area contributed by atoms with Gasteiger partial charge in [0.15, 0.2) is 5.13 Å². The van der Waals surface area contributed by atoms with Gasteiger partial charge < -0.3 is 15.2 Å². The first-order valence-corrected chi connectivity index (χ1v) is 10.6. The third-order valence-corrected chi connectivity index (χ3v) is 6.05. The van der Waals surface area contributed by atoms with E-state index in [0.717, 1.165) is 42.6 Å². The van der Waals surface area contributed by atoms with E-state index >= 15 is 0 Å². The van der Waals surface area contributed by atoms with Crippen LogP contribution in [0.25, 0.3) is 21.8 Å². The lowest BCUT2D eigenvalue weighted by molar-refractivity contribution is -0.117. The number of pyridine rings is 2. The van der Waals surface area contributed by atoms with E-state index in [1.165, 1.54) is 11.3 Å². The number of rotatable bonds is 4. The van der Waals surface area contributed by atoms with Gasteiger partial charge in [-0.25, -0.2) is 9.97 Å². The second-order valence-corrected chi connectivity index (χ2v) is 8.10. The van der Waals surface area contributed by atoms with E-state index < -0.39 is 0 Å². The van der Waals surface area contributed by atoms with Gasteiger partial charge in [0.2, 0.25) is 5.91 Å². The highest BCUT2D eigenvalue weighted by Gasteiger charge is 2.22. The molecule has 0 unspecified atom stereocenters. The number of amides is 1. The lowest BCUT2D eigenvalue weighted by Crippen LogP contribution is -2.48. The Kier molecular flexibility index (Phi) is 4.89. The Morgan fingerprint density at radius 1 is 1.07 bits per heavy atom. The van der Waals surface area contributed by atoms with E-state index in [4.69, 9.17) is 0 Å². The summed E-state index contributed by atoms with van der Waals surface area (Å²) < 4.78 is 0.